The van der Waals surface area contributed by atoms with Gasteiger partial charge < -0.3 is 5.32 Å². The Morgan fingerprint density at radius 2 is 1.11 bits per heavy atom. The van der Waals surface area contributed by atoms with Crippen LogP contribution in [0.1, 0.15) is 29.7 Å². The minimum Gasteiger partial charge on any atom is -0.362 e. The normalized spacial score (nSPS) is 12.1. The van der Waals surface area contributed by atoms with Crippen molar-refractivity contribution in [2.75, 3.05) is 5.32 Å². The highest BCUT2D eigenvalue weighted by atomic mass is 31.1. The highest BCUT2D eigenvalue weighted by Gasteiger charge is 2.25. The summed E-state index contributed by atoms with van der Waals surface area (Å²) in [6.45, 7) is 6.54. The van der Waals surface area contributed by atoms with Crippen LogP contribution in [0.5, 0.6) is 0 Å². The van der Waals surface area contributed by atoms with E-state index in [0.717, 1.165) is 22.6 Å². The quantitative estimate of drug-likeness (QED) is 0.189. The average Bonchev–Trinajstić information content (AvgIpc) is 3.08. The minimum absolute atomic E-state index is 0.0662. The number of aromatic nitrogens is 2. The smallest absolute Gasteiger partial charge is 0.152 e. The Labute approximate surface area is 260 Å². The molecule has 0 saturated heterocycles. The molecule has 0 fully saturated rings. The van der Waals surface area contributed by atoms with Gasteiger partial charge in [-0.25, -0.2) is 0 Å². The Morgan fingerprint density at radius 1 is 0.545 bits per heavy atom. The van der Waals surface area contributed by atoms with Crippen molar-refractivity contribution in [3.63, 3.8) is 0 Å². The predicted octanol–water partition coefficient (Wildman–Crippen LogP) is 9.00. The molecular formula is C40H34N3P. The number of hydrogen-bond donors (Lipinski definition) is 1. The lowest BCUT2D eigenvalue weighted by molar-refractivity contribution is 0.862. The van der Waals surface area contributed by atoms with Crippen LogP contribution >= 0.6 is 7.92 Å². The molecule has 0 bridgehead atoms. The van der Waals surface area contributed by atoms with Gasteiger partial charge in [0.15, 0.2) is 5.82 Å². The second-order valence-corrected chi connectivity index (χ2v) is 13.5. The molecule has 1 atom stereocenters. The van der Waals surface area contributed by atoms with Crippen molar-refractivity contribution in [3.05, 3.63) is 156 Å². The number of hydrogen-bond acceptors (Lipinski definition) is 3. The number of fused-ring (bicyclic) bond motifs is 2. The third kappa shape index (κ3) is 5.14. The number of nitrogens with zero attached hydrogens (tertiary/aromatic N) is 2. The predicted molar refractivity (Wildman–Crippen MR) is 189 cm³/mol. The molecule has 6 aromatic carbocycles. The lowest BCUT2D eigenvalue weighted by Gasteiger charge is -2.25. The van der Waals surface area contributed by atoms with Crippen LogP contribution in [-0.2, 0) is 0 Å². The molecule has 0 aliphatic carbocycles. The van der Waals surface area contributed by atoms with Gasteiger partial charge in [-0.3, -0.25) is 0 Å². The first-order valence-electron chi connectivity index (χ1n) is 15.1. The van der Waals surface area contributed by atoms with E-state index in [1.165, 1.54) is 48.6 Å². The molecule has 0 unspecified atom stereocenters. The summed E-state index contributed by atoms with van der Waals surface area (Å²) < 4.78 is 0. The van der Waals surface area contributed by atoms with Gasteiger partial charge in [0.1, 0.15) is 0 Å². The highest BCUT2D eigenvalue weighted by molar-refractivity contribution is 7.80. The van der Waals surface area contributed by atoms with Gasteiger partial charge in [-0.2, -0.15) is 0 Å². The summed E-state index contributed by atoms with van der Waals surface area (Å²) in [5, 5.41) is 22.4. The van der Waals surface area contributed by atoms with Gasteiger partial charge in [-0.05, 0) is 82.8 Å². The second kappa shape index (κ2) is 12.0. The first-order chi connectivity index (χ1) is 21.6. The fourth-order valence-corrected chi connectivity index (χ4v) is 8.64. The molecule has 1 heterocycles. The largest absolute Gasteiger partial charge is 0.362 e. The summed E-state index contributed by atoms with van der Waals surface area (Å²) in [6.07, 6.45) is 0. The Balaban J connectivity index is 1.37. The number of anilines is 1. The monoisotopic (exact) mass is 587 g/mol. The molecule has 1 aromatic heterocycles. The molecule has 7 aromatic rings. The molecule has 1 N–H and O–H groups in total. The van der Waals surface area contributed by atoms with Gasteiger partial charge in [0.25, 0.3) is 0 Å². The maximum absolute atomic E-state index is 5.00. The van der Waals surface area contributed by atoms with Gasteiger partial charge >= 0.3 is 0 Å². The van der Waals surface area contributed by atoms with Gasteiger partial charge in [0, 0.05) is 5.56 Å². The molecule has 0 spiro atoms. The fourth-order valence-electron chi connectivity index (χ4n) is 6.17. The summed E-state index contributed by atoms with van der Waals surface area (Å²) in [5.74, 6) is 0.821. The van der Waals surface area contributed by atoms with E-state index in [2.05, 4.69) is 166 Å². The van der Waals surface area contributed by atoms with Gasteiger partial charge in [-0.1, -0.05) is 140 Å². The summed E-state index contributed by atoms with van der Waals surface area (Å²) in [4.78, 5) is 0. The topological polar surface area (TPSA) is 37.8 Å². The lowest BCUT2D eigenvalue weighted by Crippen LogP contribution is -2.23. The van der Waals surface area contributed by atoms with E-state index in [4.69, 9.17) is 10.2 Å². The van der Waals surface area contributed by atoms with Crippen LogP contribution in [0.25, 0.3) is 32.8 Å². The first kappa shape index (κ1) is 28.0. The van der Waals surface area contributed by atoms with E-state index in [0.29, 0.717) is 0 Å². The van der Waals surface area contributed by atoms with Crippen LogP contribution in [0.15, 0.2) is 140 Å². The van der Waals surface area contributed by atoms with Crippen LogP contribution in [0, 0.1) is 13.8 Å². The molecule has 44 heavy (non-hydrogen) atoms. The van der Waals surface area contributed by atoms with E-state index >= 15 is 0 Å². The average molecular weight is 588 g/mol. The van der Waals surface area contributed by atoms with Gasteiger partial charge in [-0.15, -0.1) is 10.2 Å². The van der Waals surface area contributed by atoms with E-state index in [9.17, 15) is 0 Å². The van der Waals surface area contributed by atoms with Crippen LogP contribution in [0.3, 0.4) is 0 Å². The van der Waals surface area contributed by atoms with Crippen molar-refractivity contribution in [1.29, 1.82) is 0 Å². The SMILES string of the molecule is Cc1c(N[C@H](C)c2cccc3ccccc23)nnc(-c2c(P(c3ccccc3)c3ccccc3)ccc3ccccc23)c1C. The van der Waals surface area contributed by atoms with Crippen molar-refractivity contribution in [2.45, 2.75) is 26.8 Å². The zero-order chi connectivity index (χ0) is 30.0. The number of nitrogens with one attached hydrogen (secondary N) is 1. The van der Waals surface area contributed by atoms with Crippen molar-refractivity contribution >= 4 is 51.2 Å². The highest BCUT2D eigenvalue weighted by Crippen LogP contribution is 2.41. The standard InChI is InChI=1S/C40H34N3P/c1-27-28(2)40(41-29(3)34-24-14-17-30-15-10-12-22-35(30)34)43-42-39(27)38-36-23-13-11-16-31(36)25-26-37(38)44(32-18-6-4-7-19-32)33-20-8-5-9-21-33/h4-26,29H,1-3H3,(H,41,43)/t29-/m1/s1. The fraction of sp³-hybridized carbons (Fsp3) is 0.100. The number of rotatable bonds is 7. The minimum atomic E-state index is -0.838. The summed E-state index contributed by atoms with van der Waals surface area (Å²) in [7, 11) is -0.838. The molecule has 4 heteroatoms. The molecule has 0 saturated carbocycles. The van der Waals surface area contributed by atoms with Crippen molar-refractivity contribution in [1.82, 2.24) is 10.2 Å². The molecule has 0 aliphatic heterocycles. The van der Waals surface area contributed by atoms with Crippen LogP contribution in [0.4, 0.5) is 5.82 Å². The zero-order valence-corrected chi connectivity index (χ0v) is 26.1. The Bertz CT molecular complexity index is 2050. The summed E-state index contributed by atoms with van der Waals surface area (Å²) >= 11 is 0. The molecule has 214 valence electrons. The molecule has 0 amide bonds. The van der Waals surface area contributed by atoms with Gasteiger partial charge in [0.2, 0.25) is 0 Å². The first-order valence-corrected chi connectivity index (χ1v) is 16.4. The lowest BCUT2D eigenvalue weighted by atomic mass is 9.97. The molecule has 0 radical (unpaired) electrons. The second-order valence-electron chi connectivity index (χ2n) is 11.3. The van der Waals surface area contributed by atoms with E-state index < -0.39 is 7.92 Å². The maximum Gasteiger partial charge on any atom is 0.152 e. The third-order valence-electron chi connectivity index (χ3n) is 8.58. The van der Waals surface area contributed by atoms with E-state index in [1.54, 1.807) is 0 Å². The molecule has 3 nitrogen and oxygen atoms in total. The Kier molecular flexibility index (Phi) is 7.64. The molecular weight excluding hydrogens is 553 g/mol. The van der Waals surface area contributed by atoms with Crippen molar-refractivity contribution in [3.8, 4) is 11.3 Å². The summed E-state index contributed by atoms with van der Waals surface area (Å²) in [5.41, 5.74) is 5.62. The molecule has 0 aliphatic rings. The summed E-state index contributed by atoms with van der Waals surface area (Å²) in [6, 6.07) is 50.1. The third-order valence-corrected chi connectivity index (χ3v) is 11.1. The van der Waals surface area contributed by atoms with Crippen LogP contribution in [0.2, 0.25) is 0 Å². The van der Waals surface area contributed by atoms with E-state index in [1.807, 2.05) is 0 Å². The Morgan fingerprint density at radius 3 is 1.80 bits per heavy atom. The number of benzene rings is 6. The van der Waals surface area contributed by atoms with Crippen molar-refractivity contribution < 1.29 is 0 Å². The maximum atomic E-state index is 5.00. The van der Waals surface area contributed by atoms with Crippen LogP contribution in [-0.4, -0.2) is 10.2 Å². The van der Waals surface area contributed by atoms with Gasteiger partial charge in [0.05, 0.1) is 11.7 Å². The molecule has 7 rings (SSSR count). The van der Waals surface area contributed by atoms with E-state index in [-0.39, 0.29) is 6.04 Å². The van der Waals surface area contributed by atoms with Crippen molar-refractivity contribution in [2.24, 2.45) is 0 Å². The van der Waals surface area contributed by atoms with Crippen LogP contribution < -0.4 is 21.2 Å². The zero-order valence-electron chi connectivity index (χ0n) is 25.2. The Hall–Kier alpha value is -4.85.